The van der Waals surface area contributed by atoms with Crippen molar-refractivity contribution in [2.45, 2.75) is 66.7 Å². The van der Waals surface area contributed by atoms with Gasteiger partial charge >= 0.3 is 0 Å². The highest BCUT2D eigenvalue weighted by molar-refractivity contribution is 5.89. The largest absolute Gasteiger partial charge is 0.387 e. The van der Waals surface area contributed by atoms with Crippen LogP contribution in [0.2, 0.25) is 0 Å². The maximum Gasteiger partial charge on any atom is 0.248 e. The lowest BCUT2D eigenvalue weighted by molar-refractivity contribution is -0.134. The first-order valence-corrected chi connectivity index (χ1v) is 24.4. The normalized spacial score (nSPS) is 19.1. The maximum atomic E-state index is 12.0. The molecule has 2 atom stereocenters. The third-order valence-corrected chi connectivity index (χ3v) is 12.8. The van der Waals surface area contributed by atoms with Gasteiger partial charge in [0.25, 0.3) is 0 Å². The number of imidazole rings is 2. The summed E-state index contributed by atoms with van der Waals surface area (Å²) in [4.78, 5) is 69.5. The fourth-order valence-corrected chi connectivity index (χ4v) is 9.27. The second kappa shape index (κ2) is 21.2. The predicted molar refractivity (Wildman–Crippen MR) is 267 cm³/mol. The zero-order valence-electron chi connectivity index (χ0n) is 41.1. The fraction of sp³-hybridized carbons (Fsp3) is 0.587. The van der Waals surface area contributed by atoms with Crippen molar-refractivity contribution in [2.75, 3.05) is 130 Å². The van der Waals surface area contributed by atoms with Gasteiger partial charge in [-0.25, -0.2) is 49.8 Å². The number of amides is 1. The summed E-state index contributed by atoms with van der Waals surface area (Å²) in [6, 6.07) is 0.305. The first-order chi connectivity index (χ1) is 33.9. The molecule has 4 aliphatic heterocycles. The van der Waals surface area contributed by atoms with Crippen LogP contribution in [-0.2, 0) is 27.4 Å². The van der Waals surface area contributed by atoms with E-state index >= 15 is 0 Å². The fourth-order valence-electron chi connectivity index (χ4n) is 9.27. The summed E-state index contributed by atoms with van der Waals surface area (Å²) in [5.74, 6) is 5.40. The molecule has 0 aromatic carbocycles. The van der Waals surface area contributed by atoms with E-state index in [1.165, 1.54) is 0 Å². The van der Waals surface area contributed by atoms with Crippen LogP contribution in [0, 0.1) is 11.8 Å². The number of rotatable bonds is 11. The Labute approximate surface area is 406 Å². The van der Waals surface area contributed by atoms with Gasteiger partial charge in [-0.2, -0.15) is 0 Å². The number of nitrogen functional groups attached to an aromatic ring is 2. The minimum absolute atomic E-state index is 0.120. The van der Waals surface area contributed by atoms with Gasteiger partial charge in [-0.05, 0) is 25.7 Å². The quantitative estimate of drug-likeness (QED) is 0.143. The highest BCUT2D eigenvalue weighted by Gasteiger charge is 2.32. The first-order valence-electron chi connectivity index (χ1n) is 24.4. The number of fused-ring (bicyclic) bond motifs is 2. The van der Waals surface area contributed by atoms with Gasteiger partial charge in [0.05, 0.1) is 49.6 Å². The molecule has 4 fully saturated rings. The van der Waals surface area contributed by atoms with Gasteiger partial charge in [0.2, 0.25) is 29.7 Å². The van der Waals surface area contributed by atoms with Crippen LogP contribution < -0.4 is 36.4 Å². The molecule has 4 saturated heterocycles. The molecule has 24 nitrogen and oxygen atoms in total. The number of aliphatic hydroxyl groups is 1. The van der Waals surface area contributed by atoms with E-state index in [9.17, 15) is 9.90 Å². The zero-order valence-corrected chi connectivity index (χ0v) is 41.1. The molecule has 0 aliphatic carbocycles. The highest BCUT2D eigenvalue weighted by Crippen LogP contribution is 2.35. The van der Waals surface area contributed by atoms with Crippen molar-refractivity contribution >= 4 is 63.7 Å². The van der Waals surface area contributed by atoms with E-state index < -0.39 is 6.61 Å². The minimum atomic E-state index is -0.472. The number of piperazine rings is 2. The predicted octanol–water partition coefficient (Wildman–Crippen LogP) is 1.54. The van der Waals surface area contributed by atoms with Crippen molar-refractivity contribution in [1.82, 2.24) is 69.2 Å². The number of carbonyl (C=O) groups is 1. The number of anilines is 6. The average Bonchev–Trinajstić information content (AvgIpc) is 3.91. The number of hydrogen-bond acceptors (Lipinski definition) is 21. The van der Waals surface area contributed by atoms with E-state index in [4.69, 9.17) is 50.8 Å². The molecule has 0 unspecified atom stereocenters. The number of nitrogens with zero attached hydrogens (tertiary/aromatic N) is 17. The van der Waals surface area contributed by atoms with Gasteiger partial charge < -0.3 is 55.9 Å². The lowest BCUT2D eigenvalue weighted by Crippen LogP contribution is -2.50. The minimum Gasteiger partial charge on any atom is -0.387 e. The Morgan fingerprint density at radius 1 is 0.643 bits per heavy atom. The summed E-state index contributed by atoms with van der Waals surface area (Å²) in [5, 5.41) is 12.7. The standard InChI is InChI=1S/C24H34N10O3.C22H32N10O/c1-15(2)12-34-22-19(28-24(34)32-6-4-31(5-7-32)18(36)13-35)21(33-8-9-37-14-16(33)3)29-20(30-22)17-10-26-23(25)27-11-17;1-14(2)12-32-20-17(27-22(32)30-6-4-24-5-7-30)19(31-8-9-33-13-15(31)3)28-18(29-20)16-10-25-21(23)26-11-16/h10-11,15-16,35H,4-9,12-14H2,1-3H3,(H2,25,26,27);10-11,14-15,24H,4-9,12-13H2,1-3H3,(H2,23,25,26)/t16-;15-/m00/s1. The second-order valence-corrected chi connectivity index (χ2v) is 19.1. The number of aliphatic hydroxyl groups excluding tert-OH is 1. The third-order valence-electron chi connectivity index (χ3n) is 12.8. The van der Waals surface area contributed by atoms with Gasteiger partial charge in [0.1, 0.15) is 6.61 Å². The smallest absolute Gasteiger partial charge is 0.248 e. The summed E-state index contributed by atoms with van der Waals surface area (Å²) in [5.41, 5.74) is 16.0. The molecule has 0 radical (unpaired) electrons. The molecule has 6 N–H and O–H groups in total. The molecule has 6 aromatic rings. The van der Waals surface area contributed by atoms with E-state index in [-0.39, 0.29) is 29.9 Å². The Morgan fingerprint density at radius 3 is 1.47 bits per heavy atom. The van der Waals surface area contributed by atoms with E-state index in [0.717, 1.165) is 90.7 Å². The molecular weight excluding hydrogens is 897 g/mol. The maximum absolute atomic E-state index is 12.0. The molecule has 24 heteroatoms. The number of morpholine rings is 2. The van der Waals surface area contributed by atoms with Crippen molar-refractivity contribution in [3.05, 3.63) is 24.8 Å². The van der Waals surface area contributed by atoms with Crippen molar-refractivity contribution in [3.63, 3.8) is 0 Å². The number of nitrogens with two attached hydrogens (primary N) is 2. The third kappa shape index (κ3) is 10.3. The summed E-state index contributed by atoms with van der Waals surface area (Å²) in [6.45, 7) is 24.1. The average molecular weight is 963 g/mol. The van der Waals surface area contributed by atoms with Crippen molar-refractivity contribution in [2.24, 2.45) is 11.8 Å². The molecule has 0 saturated carbocycles. The van der Waals surface area contributed by atoms with Crippen LogP contribution in [0.25, 0.3) is 45.1 Å². The Balaban J connectivity index is 0.000000175. The number of ether oxygens (including phenoxy) is 2. The SMILES string of the molecule is CC(C)Cn1c(N2CCN(C(=O)CO)CC2)nc2c(N3CCOC[C@@H]3C)nc(-c3cnc(N)nc3)nc21.CC(C)Cn1c(N2CCNCC2)nc2c(N3CCOC[C@@H]3C)nc(-c3cnc(N)nc3)nc21. The summed E-state index contributed by atoms with van der Waals surface area (Å²) in [6.07, 6.45) is 6.63. The molecule has 10 heterocycles. The summed E-state index contributed by atoms with van der Waals surface area (Å²) < 4.78 is 15.8. The molecule has 0 spiro atoms. The molecule has 6 aromatic heterocycles. The zero-order chi connectivity index (χ0) is 49.1. The molecular formula is C46H66N20O4. The van der Waals surface area contributed by atoms with Crippen molar-refractivity contribution < 1.29 is 19.4 Å². The molecule has 374 valence electrons. The molecule has 70 heavy (non-hydrogen) atoms. The van der Waals surface area contributed by atoms with Gasteiger partial charge in [-0.15, -0.1) is 0 Å². The van der Waals surface area contributed by atoms with E-state index in [0.29, 0.717) is 94.7 Å². The lowest BCUT2D eigenvalue weighted by Gasteiger charge is -2.35. The van der Waals surface area contributed by atoms with E-state index in [1.807, 2.05) is 0 Å². The van der Waals surface area contributed by atoms with Gasteiger partial charge in [-0.3, -0.25) is 13.9 Å². The summed E-state index contributed by atoms with van der Waals surface area (Å²) >= 11 is 0. The Bertz CT molecular complexity index is 2730. The second-order valence-electron chi connectivity index (χ2n) is 19.1. The number of carbonyl (C=O) groups excluding carboxylic acids is 1. The Morgan fingerprint density at radius 2 is 1.07 bits per heavy atom. The van der Waals surface area contributed by atoms with Crippen LogP contribution in [0.3, 0.4) is 0 Å². The number of aromatic nitrogens is 12. The van der Waals surface area contributed by atoms with Crippen LogP contribution in [-0.4, -0.2) is 185 Å². The molecule has 0 bridgehead atoms. The topological polar surface area (TPSA) is 275 Å². The van der Waals surface area contributed by atoms with Crippen molar-refractivity contribution in [1.29, 1.82) is 0 Å². The first kappa shape index (κ1) is 48.4. The highest BCUT2D eigenvalue weighted by atomic mass is 16.5. The van der Waals surface area contributed by atoms with Crippen LogP contribution in [0.15, 0.2) is 24.8 Å². The molecule has 10 rings (SSSR count). The Kier molecular flexibility index (Phi) is 14.6. The summed E-state index contributed by atoms with van der Waals surface area (Å²) in [7, 11) is 0. The van der Waals surface area contributed by atoms with Gasteiger partial charge in [0.15, 0.2) is 45.6 Å². The lowest BCUT2D eigenvalue weighted by atomic mass is 10.2. The molecule has 4 aliphatic rings. The number of nitrogens with one attached hydrogen (secondary N) is 1. The van der Waals surface area contributed by atoms with E-state index in [1.54, 1.807) is 29.7 Å². The monoisotopic (exact) mass is 963 g/mol. The molecule has 1 amide bonds. The Hall–Kier alpha value is -6.63. The van der Waals surface area contributed by atoms with Crippen LogP contribution in [0.4, 0.5) is 35.4 Å². The van der Waals surface area contributed by atoms with Crippen LogP contribution in [0.5, 0.6) is 0 Å². The van der Waals surface area contributed by atoms with Gasteiger partial charge in [0, 0.05) is 103 Å². The number of hydrogen-bond donors (Lipinski definition) is 4. The van der Waals surface area contributed by atoms with Crippen LogP contribution >= 0.6 is 0 Å². The van der Waals surface area contributed by atoms with E-state index in [2.05, 4.69) is 95.5 Å². The van der Waals surface area contributed by atoms with Gasteiger partial charge in [-0.1, -0.05) is 27.7 Å². The van der Waals surface area contributed by atoms with Crippen LogP contribution in [0.1, 0.15) is 41.5 Å². The van der Waals surface area contributed by atoms with Crippen molar-refractivity contribution in [3.8, 4) is 22.8 Å².